The standard InChI is InChI=1S/C22H25N3O6S/c1-3-31-21(26)15-32-20-9-4-16(14-19(20)25(28)29)22(27)24-12-10-23(11-13-24)17-5-7-18(30-2)8-6-17/h4-9,14H,3,10-13,15H2,1-2H3. The van der Waals surface area contributed by atoms with Crippen LogP contribution in [0.2, 0.25) is 0 Å². The molecule has 0 bridgehead atoms. The fourth-order valence-corrected chi connectivity index (χ4v) is 4.20. The molecule has 2 aromatic carbocycles. The van der Waals surface area contributed by atoms with Crippen LogP contribution in [0, 0.1) is 10.1 Å². The second-order valence-corrected chi connectivity index (χ2v) is 8.03. The summed E-state index contributed by atoms with van der Waals surface area (Å²) in [5, 5.41) is 11.5. The predicted molar refractivity (Wildman–Crippen MR) is 122 cm³/mol. The van der Waals surface area contributed by atoms with Gasteiger partial charge in [-0.25, -0.2) is 0 Å². The number of nitro groups is 1. The lowest BCUT2D eigenvalue weighted by Gasteiger charge is -2.36. The van der Waals surface area contributed by atoms with Crippen molar-refractivity contribution < 1.29 is 24.0 Å². The highest BCUT2D eigenvalue weighted by Crippen LogP contribution is 2.31. The zero-order chi connectivity index (χ0) is 23.1. The maximum atomic E-state index is 13.0. The van der Waals surface area contributed by atoms with Gasteiger partial charge in [-0.05, 0) is 43.3 Å². The van der Waals surface area contributed by atoms with Gasteiger partial charge in [-0.2, -0.15) is 0 Å². The number of methoxy groups -OCH3 is 1. The molecule has 0 aliphatic carbocycles. The molecule has 1 heterocycles. The molecule has 0 aromatic heterocycles. The zero-order valence-electron chi connectivity index (χ0n) is 18.0. The third kappa shape index (κ3) is 5.70. The summed E-state index contributed by atoms with van der Waals surface area (Å²) >= 11 is 1.02. The second kappa shape index (κ2) is 10.9. The van der Waals surface area contributed by atoms with Crippen LogP contribution in [0.15, 0.2) is 47.4 Å². The monoisotopic (exact) mass is 459 g/mol. The van der Waals surface area contributed by atoms with Gasteiger partial charge in [0, 0.05) is 43.5 Å². The largest absolute Gasteiger partial charge is 0.497 e. The number of piperazine rings is 1. The SMILES string of the molecule is CCOC(=O)CSc1ccc(C(=O)N2CCN(c3ccc(OC)cc3)CC2)cc1[N+](=O)[O-]. The Bertz CT molecular complexity index is 974. The number of nitrogens with zero attached hydrogens (tertiary/aromatic N) is 3. The first kappa shape index (κ1) is 23.4. The quantitative estimate of drug-likeness (QED) is 0.257. The van der Waals surface area contributed by atoms with Crippen molar-refractivity contribution in [2.24, 2.45) is 0 Å². The fraction of sp³-hybridized carbons (Fsp3) is 0.364. The molecule has 0 atom stereocenters. The molecule has 2 aromatic rings. The molecule has 0 spiro atoms. The number of esters is 1. The first-order valence-electron chi connectivity index (χ1n) is 10.2. The lowest BCUT2D eigenvalue weighted by Crippen LogP contribution is -2.48. The highest BCUT2D eigenvalue weighted by Gasteiger charge is 2.25. The minimum Gasteiger partial charge on any atom is -0.497 e. The van der Waals surface area contributed by atoms with Crippen LogP contribution in [0.3, 0.4) is 0 Å². The van der Waals surface area contributed by atoms with Gasteiger partial charge in [0.15, 0.2) is 0 Å². The Hall–Kier alpha value is -3.27. The molecule has 0 N–H and O–H groups in total. The van der Waals surface area contributed by atoms with Crippen LogP contribution in [0.5, 0.6) is 5.75 Å². The summed E-state index contributed by atoms with van der Waals surface area (Å²) in [6, 6.07) is 12.1. The molecule has 0 saturated carbocycles. The van der Waals surface area contributed by atoms with Gasteiger partial charge in [0.2, 0.25) is 0 Å². The summed E-state index contributed by atoms with van der Waals surface area (Å²) in [5.74, 6) is 0.0640. The van der Waals surface area contributed by atoms with Crippen LogP contribution >= 0.6 is 11.8 Å². The molecule has 9 nitrogen and oxygen atoms in total. The minimum absolute atomic E-state index is 0.0324. The van der Waals surface area contributed by atoms with Gasteiger partial charge in [0.25, 0.3) is 11.6 Å². The van der Waals surface area contributed by atoms with E-state index in [1.807, 2.05) is 24.3 Å². The van der Waals surface area contributed by atoms with E-state index in [-0.39, 0.29) is 29.5 Å². The average molecular weight is 460 g/mol. The van der Waals surface area contributed by atoms with Crippen molar-refractivity contribution >= 4 is 35.0 Å². The van der Waals surface area contributed by atoms with Crippen molar-refractivity contribution in [1.82, 2.24) is 4.90 Å². The minimum atomic E-state index is -0.536. The van der Waals surface area contributed by atoms with Gasteiger partial charge in [-0.15, -0.1) is 11.8 Å². The Labute approximate surface area is 190 Å². The van der Waals surface area contributed by atoms with E-state index < -0.39 is 10.9 Å². The summed E-state index contributed by atoms with van der Waals surface area (Å²) in [6.07, 6.45) is 0. The van der Waals surface area contributed by atoms with Crippen LogP contribution in [-0.2, 0) is 9.53 Å². The second-order valence-electron chi connectivity index (χ2n) is 7.01. The smallest absolute Gasteiger partial charge is 0.316 e. The van der Waals surface area contributed by atoms with Gasteiger partial charge >= 0.3 is 5.97 Å². The molecule has 32 heavy (non-hydrogen) atoms. The molecule has 170 valence electrons. The molecular weight excluding hydrogens is 434 g/mol. The summed E-state index contributed by atoms with van der Waals surface area (Å²) < 4.78 is 10.0. The highest BCUT2D eigenvalue weighted by atomic mass is 32.2. The molecule has 3 rings (SSSR count). The van der Waals surface area contributed by atoms with Crippen molar-refractivity contribution in [2.75, 3.05) is 50.5 Å². The Morgan fingerprint density at radius 1 is 1.09 bits per heavy atom. The Morgan fingerprint density at radius 3 is 2.38 bits per heavy atom. The number of carbonyl (C=O) groups is 2. The average Bonchev–Trinajstić information content (AvgIpc) is 2.82. The van der Waals surface area contributed by atoms with Crippen LogP contribution in [0.25, 0.3) is 0 Å². The van der Waals surface area contributed by atoms with Gasteiger partial charge < -0.3 is 19.3 Å². The Morgan fingerprint density at radius 2 is 1.78 bits per heavy atom. The van der Waals surface area contributed by atoms with Gasteiger partial charge in [0.1, 0.15) is 5.75 Å². The van der Waals surface area contributed by atoms with E-state index in [9.17, 15) is 19.7 Å². The molecule has 1 aliphatic heterocycles. The summed E-state index contributed by atoms with van der Waals surface area (Å²) in [4.78, 5) is 39.7. The normalized spacial score (nSPS) is 13.6. The van der Waals surface area contributed by atoms with Crippen molar-refractivity contribution in [3.05, 3.63) is 58.1 Å². The molecule has 1 fully saturated rings. The zero-order valence-corrected chi connectivity index (χ0v) is 18.8. The maximum absolute atomic E-state index is 13.0. The molecule has 1 aliphatic rings. The lowest BCUT2D eigenvalue weighted by molar-refractivity contribution is -0.387. The van der Waals surface area contributed by atoms with Gasteiger partial charge in [-0.1, -0.05) is 0 Å². The van der Waals surface area contributed by atoms with Crippen LogP contribution in [0.1, 0.15) is 17.3 Å². The van der Waals surface area contributed by atoms with Crippen molar-refractivity contribution in [3.63, 3.8) is 0 Å². The van der Waals surface area contributed by atoms with Crippen LogP contribution in [-0.4, -0.2) is 67.3 Å². The first-order chi connectivity index (χ1) is 15.4. The Kier molecular flexibility index (Phi) is 7.93. The molecule has 0 radical (unpaired) electrons. The highest BCUT2D eigenvalue weighted by molar-refractivity contribution is 8.00. The van der Waals surface area contributed by atoms with Crippen molar-refractivity contribution in [1.29, 1.82) is 0 Å². The molecular formula is C22H25N3O6S. The number of carbonyl (C=O) groups excluding carboxylic acids is 2. The van der Waals surface area contributed by atoms with E-state index in [1.54, 1.807) is 25.0 Å². The molecule has 10 heteroatoms. The van der Waals surface area contributed by atoms with Crippen LogP contribution < -0.4 is 9.64 Å². The van der Waals surface area contributed by atoms with E-state index in [0.29, 0.717) is 31.1 Å². The summed E-state index contributed by atoms with van der Waals surface area (Å²) in [5.41, 5.74) is 1.12. The van der Waals surface area contributed by atoms with Crippen molar-refractivity contribution in [2.45, 2.75) is 11.8 Å². The Balaban J connectivity index is 1.64. The third-order valence-electron chi connectivity index (χ3n) is 5.06. The number of hydrogen-bond donors (Lipinski definition) is 0. The number of ether oxygens (including phenoxy) is 2. The summed E-state index contributed by atoms with van der Waals surface area (Å²) in [6.45, 7) is 4.29. The fourth-order valence-electron chi connectivity index (χ4n) is 3.40. The van der Waals surface area contributed by atoms with E-state index in [1.165, 1.54) is 12.1 Å². The summed E-state index contributed by atoms with van der Waals surface area (Å²) in [7, 11) is 1.62. The van der Waals surface area contributed by atoms with E-state index in [2.05, 4.69) is 4.90 Å². The topological polar surface area (TPSA) is 102 Å². The van der Waals surface area contributed by atoms with Crippen molar-refractivity contribution in [3.8, 4) is 5.75 Å². The van der Waals surface area contributed by atoms with E-state index in [0.717, 1.165) is 23.2 Å². The number of rotatable bonds is 8. The first-order valence-corrected chi connectivity index (χ1v) is 11.2. The van der Waals surface area contributed by atoms with Crippen LogP contribution in [0.4, 0.5) is 11.4 Å². The number of anilines is 1. The van der Waals surface area contributed by atoms with E-state index in [4.69, 9.17) is 9.47 Å². The third-order valence-corrected chi connectivity index (χ3v) is 6.09. The van der Waals surface area contributed by atoms with Gasteiger partial charge in [0.05, 0.1) is 29.3 Å². The number of thioether (sulfide) groups is 1. The maximum Gasteiger partial charge on any atom is 0.316 e. The molecule has 1 amide bonds. The van der Waals surface area contributed by atoms with E-state index >= 15 is 0 Å². The number of amides is 1. The van der Waals surface area contributed by atoms with Gasteiger partial charge in [-0.3, -0.25) is 19.7 Å². The lowest BCUT2D eigenvalue weighted by atomic mass is 10.1. The number of hydrogen-bond acceptors (Lipinski definition) is 8. The predicted octanol–water partition coefficient (Wildman–Crippen LogP) is 3.22. The molecule has 0 unspecified atom stereocenters. The number of nitro benzene ring substituents is 1. The number of benzene rings is 2. The molecule has 1 saturated heterocycles.